The number of carboxylic acid groups (broad SMARTS) is 1. The number of carbonyl (C=O) groups is 2. The number of piperidine rings is 2. The van der Waals surface area contributed by atoms with Crippen molar-refractivity contribution in [3.8, 4) is 33.6 Å². The zero-order chi connectivity index (χ0) is 34.7. The molecule has 2 saturated carbocycles. The lowest BCUT2D eigenvalue weighted by Crippen LogP contribution is -2.38. The van der Waals surface area contributed by atoms with Gasteiger partial charge in [0.25, 0.3) is 0 Å². The van der Waals surface area contributed by atoms with Crippen LogP contribution in [0.3, 0.4) is 0 Å². The minimum absolute atomic E-state index is 0.0721. The number of fused-ring (bicyclic) bond motifs is 3. The number of imidazole rings is 2. The average Bonchev–Trinajstić information content (AvgIpc) is 3.55. The Hall–Kier alpha value is -5.12. The first kappa shape index (κ1) is 30.9. The van der Waals surface area contributed by atoms with E-state index in [1.54, 1.807) is 4.90 Å². The summed E-state index contributed by atoms with van der Waals surface area (Å²) in [5.74, 6) is 1.52. The smallest absolute Gasteiger partial charge is 0.411 e. The Morgan fingerprint density at radius 3 is 1.78 bits per heavy atom. The van der Waals surface area contributed by atoms with E-state index in [9.17, 15) is 14.7 Å². The van der Waals surface area contributed by atoms with Crippen molar-refractivity contribution in [2.75, 3.05) is 0 Å². The molecule has 6 atom stereocenters. The van der Waals surface area contributed by atoms with Gasteiger partial charge in [0.2, 0.25) is 0 Å². The molecular weight excluding hydrogens is 628 g/mol. The van der Waals surface area contributed by atoms with E-state index in [1.807, 2.05) is 38.1 Å². The molecule has 0 bridgehead atoms. The number of H-pyrrole nitrogens is 2. The predicted molar refractivity (Wildman–Crippen MR) is 190 cm³/mol. The topological polar surface area (TPSA) is 127 Å². The molecule has 2 aromatic heterocycles. The van der Waals surface area contributed by atoms with E-state index in [-0.39, 0.29) is 41.1 Å². The lowest BCUT2D eigenvalue weighted by Gasteiger charge is -2.29. The second kappa shape index (κ2) is 10.4. The molecule has 2 amide bonds. The number of rotatable bonds is 5. The Labute approximate surface area is 290 Å². The number of nitrogens with zero attached hydrogens (tertiary/aromatic N) is 4. The molecule has 4 aliphatic rings. The lowest BCUT2D eigenvalue weighted by molar-refractivity contribution is 0.0174. The summed E-state index contributed by atoms with van der Waals surface area (Å²) < 4.78 is 5.78. The van der Waals surface area contributed by atoms with Crippen molar-refractivity contribution in [1.29, 1.82) is 0 Å². The van der Waals surface area contributed by atoms with Crippen molar-refractivity contribution >= 4 is 23.0 Å². The molecule has 2 saturated heterocycles. The van der Waals surface area contributed by atoms with Crippen molar-refractivity contribution in [3.63, 3.8) is 0 Å². The van der Waals surface area contributed by atoms with Gasteiger partial charge in [-0.3, -0.25) is 9.80 Å². The van der Waals surface area contributed by atoms with Gasteiger partial charge in [0.15, 0.2) is 0 Å². The van der Waals surface area contributed by atoms with E-state index in [0.29, 0.717) is 5.82 Å². The summed E-state index contributed by atoms with van der Waals surface area (Å²) in [5, 5.41) is 12.1. The van der Waals surface area contributed by atoms with Gasteiger partial charge in [-0.2, -0.15) is 0 Å². The van der Waals surface area contributed by atoms with Gasteiger partial charge in [-0.25, -0.2) is 19.6 Å². The summed E-state index contributed by atoms with van der Waals surface area (Å²) in [7, 11) is 0. The highest BCUT2D eigenvalue weighted by Crippen LogP contribution is 2.64. The summed E-state index contributed by atoms with van der Waals surface area (Å²) >= 11 is 0. The molecule has 256 valence electrons. The van der Waals surface area contributed by atoms with Crippen molar-refractivity contribution in [2.45, 2.75) is 90.1 Å². The Morgan fingerprint density at radius 1 is 0.720 bits per heavy atom. The van der Waals surface area contributed by atoms with Crippen LogP contribution in [0.4, 0.5) is 9.59 Å². The second-order valence-corrected chi connectivity index (χ2v) is 16.5. The molecule has 50 heavy (non-hydrogen) atoms. The molecule has 2 aliphatic heterocycles. The molecule has 10 nitrogen and oxygen atoms in total. The van der Waals surface area contributed by atoms with E-state index in [1.165, 1.54) is 0 Å². The molecule has 3 N–H and O–H groups in total. The van der Waals surface area contributed by atoms with E-state index in [2.05, 4.69) is 84.5 Å². The lowest BCUT2D eigenvalue weighted by atomic mass is 9.98. The Bertz CT molecular complexity index is 2180. The Kier molecular flexibility index (Phi) is 6.46. The number of hydrogen-bond acceptors (Lipinski definition) is 5. The normalized spacial score (nSPS) is 28.1. The molecule has 2 aliphatic carbocycles. The van der Waals surface area contributed by atoms with Crippen LogP contribution in [0.25, 0.3) is 44.4 Å². The quantitative estimate of drug-likeness (QED) is 0.171. The third-order valence-electron chi connectivity index (χ3n) is 11.6. The summed E-state index contributed by atoms with van der Waals surface area (Å²) in [4.78, 5) is 45.1. The van der Waals surface area contributed by atoms with Crippen LogP contribution in [0, 0.1) is 10.8 Å². The summed E-state index contributed by atoms with van der Waals surface area (Å²) in [6, 6.07) is 21.2. The third-order valence-corrected chi connectivity index (χ3v) is 11.6. The van der Waals surface area contributed by atoms with E-state index >= 15 is 0 Å². The number of nitrogens with one attached hydrogen (secondary N) is 2. The Morgan fingerprint density at radius 2 is 1.20 bits per heavy atom. The van der Waals surface area contributed by atoms with Crippen LogP contribution < -0.4 is 0 Å². The number of aromatic amines is 2. The van der Waals surface area contributed by atoms with Crippen molar-refractivity contribution < 1.29 is 19.4 Å². The molecule has 10 heteroatoms. The fourth-order valence-electron chi connectivity index (χ4n) is 8.61. The number of benzene rings is 3. The van der Waals surface area contributed by atoms with Gasteiger partial charge < -0.3 is 19.8 Å². The second-order valence-electron chi connectivity index (χ2n) is 16.5. The van der Waals surface area contributed by atoms with Gasteiger partial charge in [0, 0.05) is 35.6 Å². The summed E-state index contributed by atoms with van der Waals surface area (Å²) in [6.07, 6.45) is 6.29. The molecular formula is C40H42N6O4. The predicted octanol–water partition coefficient (Wildman–Crippen LogP) is 8.95. The minimum atomic E-state index is -0.872. The van der Waals surface area contributed by atoms with E-state index in [0.717, 1.165) is 75.9 Å². The van der Waals surface area contributed by atoms with Crippen LogP contribution in [0.15, 0.2) is 73.1 Å². The van der Waals surface area contributed by atoms with Gasteiger partial charge in [-0.15, -0.1) is 0 Å². The number of carbonyl (C=O) groups excluding carboxylic acids is 1. The molecule has 4 fully saturated rings. The molecule has 9 rings (SSSR count). The maximum atomic E-state index is 13.2. The van der Waals surface area contributed by atoms with Crippen LogP contribution in [0.2, 0.25) is 0 Å². The summed E-state index contributed by atoms with van der Waals surface area (Å²) in [6.45, 7) is 10.1. The first-order valence-corrected chi connectivity index (χ1v) is 17.6. The highest BCUT2D eigenvalue weighted by molar-refractivity contribution is 5.90. The number of likely N-dealkylation sites (tertiary alicyclic amines) is 2. The van der Waals surface area contributed by atoms with Crippen LogP contribution in [-0.2, 0) is 4.74 Å². The number of ether oxygens (including phenoxy) is 1. The van der Waals surface area contributed by atoms with E-state index < -0.39 is 11.7 Å². The number of aromatic nitrogens is 4. The Balaban J connectivity index is 0.911. The fourth-order valence-corrected chi connectivity index (χ4v) is 8.61. The number of amides is 2. The molecule has 5 aromatic rings. The van der Waals surface area contributed by atoms with E-state index in [4.69, 9.17) is 14.7 Å². The summed E-state index contributed by atoms with van der Waals surface area (Å²) in [5.41, 5.74) is 5.53. The van der Waals surface area contributed by atoms with Crippen LogP contribution in [0.1, 0.15) is 84.0 Å². The van der Waals surface area contributed by atoms with Gasteiger partial charge in [0.1, 0.15) is 17.2 Å². The number of hydrogen-bond donors (Lipinski definition) is 3. The van der Waals surface area contributed by atoms with Crippen molar-refractivity contribution in [1.82, 2.24) is 29.7 Å². The molecule has 0 spiro atoms. The van der Waals surface area contributed by atoms with Crippen molar-refractivity contribution in [2.24, 2.45) is 10.8 Å². The first-order valence-electron chi connectivity index (χ1n) is 17.6. The van der Waals surface area contributed by atoms with Crippen LogP contribution in [-0.4, -0.2) is 64.7 Å². The van der Waals surface area contributed by atoms with Crippen LogP contribution in [0.5, 0.6) is 0 Å². The molecule has 4 heterocycles. The maximum absolute atomic E-state index is 13.2. The van der Waals surface area contributed by atoms with Gasteiger partial charge >= 0.3 is 12.2 Å². The van der Waals surface area contributed by atoms with Gasteiger partial charge in [-0.05, 0) is 91.3 Å². The standard InChI is InChI=1S/C40H42N6O4/c1-38(2,3)50-37(49)46-31(17-40(5)19-33(40)46)35-42-21-29(44-35)27-13-12-25-14-24(10-11-26(25)15-27)22-6-8-23(9-7-22)28-20-41-34(43-28)30-16-39(4)18-32(39)45(30)36(47)48/h6-15,20-21,30-33H,16-19H2,1-5H3,(H,41,43)(H,42,44)(H,47,48)/t30-,31-,32+,33+,39?,40-/m0/s1. The van der Waals surface area contributed by atoms with Crippen LogP contribution >= 0.6 is 0 Å². The fraction of sp³-hybridized carbons (Fsp3) is 0.400. The van der Waals surface area contributed by atoms with Crippen molar-refractivity contribution in [3.05, 3.63) is 84.7 Å². The molecule has 0 radical (unpaired) electrons. The monoisotopic (exact) mass is 670 g/mol. The molecule has 1 unspecified atom stereocenters. The average molecular weight is 671 g/mol. The third kappa shape index (κ3) is 5.06. The zero-order valence-electron chi connectivity index (χ0n) is 29.0. The minimum Gasteiger partial charge on any atom is -0.465 e. The highest BCUT2D eigenvalue weighted by Gasteiger charge is 2.65. The SMILES string of the molecule is CC(C)(C)OC(=O)N1[C@H](c2nc(-c3ccc4cc(-c5ccc(-c6c[nH]c([C@@H]7CC8(C)C[C@H]8N7C(=O)O)n6)cc5)ccc4c3)c[nH]2)C[C@@]2(C)C[C@@H]12. The maximum Gasteiger partial charge on any atom is 0.411 e. The molecule has 3 aromatic carbocycles. The van der Waals surface area contributed by atoms with Gasteiger partial charge in [-0.1, -0.05) is 62.4 Å². The first-order chi connectivity index (χ1) is 23.8. The highest BCUT2D eigenvalue weighted by atomic mass is 16.6. The largest absolute Gasteiger partial charge is 0.465 e. The zero-order valence-corrected chi connectivity index (χ0v) is 29.0. The van der Waals surface area contributed by atoms with Gasteiger partial charge in [0.05, 0.1) is 23.5 Å².